The first kappa shape index (κ1) is 25.7. The van der Waals surface area contributed by atoms with Crippen LogP contribution in [0.4, 0.5) is 14.5 Å². The molecule has 2 amide bonds. The van der Waals surface area contributed by atoms with E-state index in [0.29, 0.717) is 11.3 Å². The summed E-state index contributed by atoms with van der Waals surface area (Å²) in [5.74, 6) is -1.51. The zero-order chi connectivity index (χ0) is 26.7. The van der Waals surface area contributed by atoms with Crippen molar-refractivity contribution in [2.24, 2.45) is 0 Å². The molecule has 0 spiro atoms. The number of carbonyl (C=O) groups excluding carboxylic acids is 2. The van der Waals surface area contributed by atoms with E-state index < -0.39 is 41.6 Å². The Hall–Kier alpha value is -4.41. The number of amides is 2. The van der Waals surface area contributed by atoms with Crippen LogP contribution in [-0.2, 0) is 16.1 Å². The lowest BCUT2D eigenvalue weighted by Gasteiger charge is -2.32. The molecule has 4 aromatic rings. The lowest BCUT2D eigenvalue weighted by atomic mass is 10.1. The van der Waals surface area contributed by atoms with Gasteiger partial charge in [-0.1, -0.05) is 12.1 Å². The number of para-hydroxylation sites is 1. The van der Waals surface area contributed by atoms with E-state index in [2.05, 4.69) is 20.7 Å². The van der Waals surface area contributed by atoms with E-state index in [1.165, 1.54) is 42.5 Å². The number of aryl methyl sites for hydroxylation is 1. The molecular formula is C26H26F2N6O3. The molecule has 0 bridgehead atoms. The molecule has 0 unspecified atom stereocenters. The summed E-state index contributed by atoms with van der Waals surface area (Å²) < 4.78 is 34.0. The van der Waals surface area contributed by atoms with Gasteiger partial charge in [0, 0.05) is 11.1 Å². The molecule has 0 radical (unpaired) electrons. The van der Waals surface area contributed by atoms with E-state index in [4.69, 9.17) is 4.42 Å². The van der Waals surface area contributed by atoms with E-state index in [1.807, 2.05) is 0 Å². The molecule has 0 saturated carbocycles. The highest BCUT2D eigenvalue weighted by Gasteiger charge is 2.38. The van der Waals surface area contributed by atoms with E-state index >= 15 is 4.39 Å². The Labute approximate surface area is 212 Å². The normalized spacial score (nSPS) is 12.3. The number of carbonyl (C=O) groups is 2. The van der Waals surface area contributed by atoms with Crippen LogP contribution in [0.1, 0.15) is 38.3 Å². The topological polar surface area (TPSA) is 106 Å². The predicted molar refractivity (Wildman–Crippen MR) is 131 cm³/mol. The lowest BCUT2D eigenvalue weighted by molar-refractivity contribution is -0.128. The van der Waals surface area contributed by atoms with Crippen LogP contribution >= 0.6 is 0 Å². The third kappa shape index (κ3) is 6.05. The summed E-state index contributed by atoms with van der Waals surface area (Å²) in [5, 5.41) is 14.9. The van der Waals surface area contributed by atoms with Gasteiger partial charge in [-0.25, -0.2) is 8.78 Å². The summed E-state index contributed by atoms with van der Waals surface area (Å²) in [6, 6.07) is 13.0. The molecule has 1 atom stereocenters. The first-order valence-corrected chi connectivity index (χ1v) is 11.5. The number of aromatic nitrogens is 4. The summed E-state index contributed by atoms with van der Waals surface area (Å²) in [7, 11) is 0. The quantitative estimate of drug-likeness (QED) is 0.401. The standard InChI is InChI=1S/C26H26F2N6O3/c1-16-9-14-21(37-16)23(25(36)29-26(2,3)4)34(20-8-6-5-7-19(20)28)22(35)15-33-31-24(30-32-33)17-10-12-18(27)13-11-17/h5-14,23H,15H2,1-4H3,(H,29,36)/t23-/m0/s1. The Balaban J connectivity index is 1.73. The molecular weight excluding hydrogens is 482 g/mol. The smallest absolute Gasteiger partial charge is 0.251 e. The summed E-state index contributed by atoms with van der Waals surface area (Å²) in [6.07, 6.45) is 0. The summed E-state index contributed by atoms with van der Waals surface area (Å²) in [6.45, 7) is 6.62. The first-order chi connectivity index (χ1) is 17.5. The molecule has 0 aliphatic heterocycles. The fraction of sp³-hybridized carbons (Fsp3) is 0.269. The van der Waals surface area contributed by atoms with Crippen molar-refractivity contribution >= 4 is 17.5 Å². The number of anilines is 1. The van der Waals surface area contributed by atoms with Gasteiger partial charge in [0.25, 0.3) is 11.8 Å². The van der Waals surface area contributed by atoms with Crippen LogP contribution in [-0.4, -0.2) is 37.6 Å². The molecule has 9 nitrogen and oxygen atoms in total. The monoisotopic (exact) mass is 508 g/mol. The van der Waals surface area contributed by atoms with Crippen molar-refractivity contribution in [3.63, 3.8) is 0 Å². The molecule has 0 aliphatic rings. The molecule has 11 heteroatoms. The Bertz CT molecular complexity index is 1410. The molecule has 1 N–H and O–H groups in total. The zero-order valence-corrected chi connectivity index (χ0v) is 20.8. The molecule has 192 valence electrons. The van der Waals surface area contributed by atoms with Crippen molar-refractivity contribution in [1.29, 1.82) is 0 Å². The molecule has 2 heterocycles. The first-order valence-electron chi connectivity index (χ1n) is 11.5. The summed E-state index contributed by atoms with van der Waals surface area (Å²) >= 11 is 0. The molecule has 0 saturated heterocycles. The van der Waals surface area contributed by atoms with Crippen LogP contribution in [0.2, 0.25) is 0 Å². The van der Waals surface area contributed by atoms with Crippen LogP contribution in [0.15, 0.2) is 65.1 Å². The van der Waals surface area contributed by atoms with Crippen LogP contribution in [0.3, 0.4) is 0 Å². The third-order valence-electron chi connectivity index (χ3n) is 5.25. The molecule has 2 aromatic carbocycles. The van der Waals surface area contributed by atoms with Crippen molar-refractivity contribution in [1.82, 2.24) is 25.5 Å². The Kier molecular flexibility index (Phi) is 7.14. The maximum Gasteiger partial charge on any atom is 0.251 e. The zero-order valence-electron chi connectivity index (χ0n) is 20.8. The maximum absolute atomic E-state index is 15.0. The van der Waals surface area contributed by atoms with E-state index in [1.54, 1.807) is 45.9 Å². The van der Waals surface area contributed by atoms with Gasteiger partial charge in [0.15, 0.2) is 6.04 Å². The number of nitrogens with one attached hydrogen (secondary N) is 1. The minimum absolute atomic E-state index is 0.116. The van der Waals surface area contributed by atoms with Crippen molar-refractivity contribution in [3.05, 3.63) is 83.8 Å². The Morgan fingerprint density at radius 2 is 1.76 bits per heavy atom. The summed E-state index contributed by atoms with van der Waals surface area (Å²) in [5.41, 5.74) is -0.257. The van der Waals surface area contributed by atoms with Gasteiger partial charge in [-0.2, -0.15) is 4.80 Å². The maximum atomic E-state index is 15.0. The van der Waals surface area contributed by atoms with Gasteiger partial charge in [-0.05, 0) is 81.4 Å². The van der Waals surface area contributed by atoms with Crippen molar-refractivity contribution in [2.75, 3.05) is 4.90 Å². The number of hydrogen-bond acceptors (Lipinski definition) is 6. The van der Waals surface area contributed by atoms with Crippen molar-refractivity contribution < 1.29 is 22.8 Å². The highest BCUT2D eigenvalue weighted by atomic mass is 19.1. The highest BCUT2D eigenvalue weighted by Crippen LogP contribution is 2.32. The second kappa shape index (κ2) is 10.3. The van der Waals surface area contributed by atoms with Gasteiger partial charge in [0.05, 0.1) is 5.69 Å². The van der Waals surface area contributed by atoms with Gasteiger partial charge in [0.1, 0.15) is 29.7 Å². The molecule has 0 fully saturated rings. The van der Waals surface area contributed by atoms with Crippen molar-refractivity contribution in [2.45, 2.75) is 45.8 Å². The largest absolute Gasteiger partial charge is 0.464 e. The van der Waals surface area contributed by atoms with Crippen LogP contribution in [0.5, 0.6) is 0 Å². The van der Waals surface area contributed by atoms with Crippen LogP contribution in [0.25, 0.3) is 11.4 Å². The second-order valence-corrected chi connectivity index (χ2v) is 9.46. The predicted octanol–water partition coefficient (Wildman–Crippen LogP) is 4.21. The minimum Gasteiger partial charge on any atom is -0.464 e. The van der Waals surface area contributed by atoms with E-state index in [9.17, 15) is 14.0 Å². The Morgan fingerprint density at radius 1 is 1.05 bits per heavy atom. The highest BCUT2D eigenvalue weighted by molar-refractivity contribution is 6.01. The van der Waals surface area contributed by atoms with Gasteiger partial charge in [-0.15, -0.1) is 10.2 Å². The van der Waals surface area contributed by atoms with Gasteiger partial charge in [-0.3, -0.25) is 14.5 Å². The third-order valence-corrected chi connectivity index (χ3v) is 5.25. The average molecular weight is 509 g/mol. The lowest BCUT2D eigenvalue weighted by Crippen LogP contribution is -2.50. The van der Waals surface area contributed by atoms with Crippen LogP contribution in [0, 0.1) is 18.6 Å². The van der Waals surface area contributed by atoms with E-state index in [0.717, 1.165) is 9.70 Å². The number of furan rings is 1. The number of tetrazole rings is 1. The van der Waals surface area contributed by atoms with Gasteiger partial charge in [0.2, 0.25) is 5.82 Å². The fourth-order valence-corrected chi connectivity index (χ4v) is 3.70. The molecule has 2 aromatic heterocycles. The number of hydrogen-bond donors (Lipinski definition) is 1. The molecule has 37 heavy (non-hydrogen) atoms. The minimum atomic E-state index is -1.32. The van der Waals surface area contributed by atoms with Gasteiger partial charge < -0.3 is 9.73 Å². The van der Waals surface area contributed by atoms with Crippen molar-refractivity contribution in [3.8, 4) is 11.4 Å². The number of benzene rings is 2. The number of halogens is 2. The van der Waals surface area contributed by atoms with Crippen LogP contribution < -0.4 is 10.2 Å². The number of rotatable bonds is 7. The SMILES string of the molecule is Cc1ccc([C@@H](C(=O)NC(C)(C)C)N(C(=O)Cn2nnc(-c3ccc(F)cc3)n2)c2ccccc2F)o1. The van der Waals surface area contributed by atoms with E-state index in [-0.39, 0.29) is 17.3 Å². The molecule has 0 aliphatic carbocycles. The molecule has 4 rings (SSSR count). The number of nitrogens with zero attached hydrogens (tertiary/aromatic N) is 5. The Morgan fingerprint density at radius 3 is 2.38 bits per heavy atom. The second-order valence-electron chi connectivity index (χ2n) is 9.46. The summed E-state index contributed by atoms with van der Waals surface area (Å²) in [4.78, 5) is 29.3. The van der Waals surface area contributed by atoms with Gasteiger partial charge >= 0.3 is 0 Å². The average Bonchev–Trinajstić information content (AvgIpc) is 3.46. The fourth-order valence-electron chi connectivity index (χ4n) is 3.70.